The summed E-state index contributed by atoms with van der Waals surface area (Å²) in [6.07, 6.45) is 8.30. The number of anilines is 6. The van der Waals surface area contributed by atoms with Crippen LogP contribution >= 0.6 is 0 Å². The molecule has 0 unspecified atom stereocenters. The molecule has 0 N–H and O–H groups in total. The molecular formula is C47H38BN3. The molecular weight excluding hydrogens is 617 g/mol. The van der Waals surface area contributed by atoms with Crippen molar-refractivity contribution in [2.75, 3.05) is 9.80 Å². The Morgan fingerprint density at radius 1 is 0.490 bits per heavy atom. The molecule has 1 aromatic heterocycles. The highest BCUT2D eigenvalue weighted by Crippen LogP contribution is 2.48. The van der Waals surface area contributed by atoms with Gasteiger partial charge in [0.25, 0.3) is 6.71 Å². The summed E-state index contributed by atoms with van der Waals surface area (Å²) < 4.78 is 0. The Bertz CT molecular complexity index is 2360. The van der Waals surface area contributed by atoms with Gasteiger partial charge in [0, 0.05) is 40.2 Å². The maximum Gasteiger partial charge on any atom is 0.252 e. The van der Waals surface area contributed by atoms with E-state index in [1.165, 1.54) is 93.6 Å². The number of fused-ring (bicyclic) bond motifs is 4. The van der Waals surface area contributed by atoms with Crippen molar-refractivity contribution in [2.45, 2.75) is 38.0 Å². The van der Waals surface area contributed by atoms with Crippen LogP contribution in [0.15, 0.2) is 164 Å². The van der Waals surface area contributed by atoms with Gasteiger partial charge in [0.15, 0.2) is 0 Å². The lowest BCUT2D eigenvalue weighted by atomic mass is 9.33. The molecule has 0 atom stereocenters. The molecule has 7 aromatic rings. The van der Waals surface area contributed by atoms with E-state index in [0.717, 1.165) is 16.9 Å². The summed E-state index contributed by atoms with van der Waals surface area (Å²) in [6, 6.07) is 58.1. The first-order valence-electron chi connectivity index (χ1n) is 18.5. The van der Waals surface area contributed by atoms with Gasteiger partial charge in [-0.05, 0) is 106 Å². The van der Waals surface area contributed by atoms with Crippen LogP contribution in [0.25, 0.3) is 22.4 Å². The third-order valence-corrected chi connectivity index (χ3v) is 11.3. The van der Waals surface area contributed by atoms with Crippen LogP contribution in [0.3, 0.4) is 0 Å². The molecule has 1 fully saturated rings. The minimum Gasteiger partial charge on any atom is -0.311 e. The summed E-state index contributed by atoms with van der Waals surface area (Å²) in [5.41, 5.74) is 17.5. The van der Waals surface area contributed by atoms with E-state index < -0.39 is 0 Å². The van der Waals surface area contributed by atoms with Gasteiger partial charge < -0.3 is 9.80 Å². The third kappa shape index (κ3) is 5.00. The lowest BCUT2D eigenvalue weighted by Gasteiger charge is -2.45. The minimum atomic E-state index is 0.112. The normalized spacial score (nSPS) is 14.9. The Balaban J connectivity index is 1.25. The van der Waals surface area contributed by atoms with E-state index in [0.29, 0.717) is 5.92 Å². The smallest absolute Gasteiger partial charge is 0.252 e. The molecule has 4 heteroatoms. The van der Waals surface area contributed by atoms with Gasteiger partial charge in [0.1, 0.15) is 0 Å². The molecule has 244 valence electrons. The van der Waals surface area contributed by atoms with Gasteiger partial charge in [0.2, 0.25) is 0 Å². The maximum absolute atomic E-state index is 4.84. The lowest BCUT2D eigenvalue weighted by molar-refractivity contribution is 0.444. The molecule has 0 radical (unpaired) electrons. The molecule has 3 aliphatic rings. The molecule has 10 rings (SSSR count). The number of nitrogens with zero attached hydrogens (tertiary/aromatic N) is 3. The molecule has 3 heterocycles. The molecule has 6 aromatic carbocycles. The molecule has 3 nitrogen and oxygen atoms in total. The zero-order valence-electron chi connectivity index (χ0n) is 28.6. The number of hydrogen-bond acceptors (Lipinski definition) is 3. The van der Waals surface area contributed by atoms with E-state index >= 15 is 0 Å². The van der Waals surface area contributed by atoms with Crippen LogP contribution in [0.5, 0.6) is 0 Å². The number of hydrogen-bond donors (Lipinski definition) is 0. The zero-order valence-corrected chi connectivity index (χ0v) is 28.6. The Morgan fingerprint density at radius 2 is 1.08 bits per heavy atom. The van der Waals surface area contributed by atoms with Crippen LogP contribution in [0.1, 0.15) is 43.6 Å². The SMILES string of the molecule is c1ccc(-c2ccc(N3c4ccccc4B4c5ccccc5N(c5ccccc5-c5ccccn5)c5cc(C6CCCCC6)cc3c54)cc2)cc1. The molecule has 1 saturated carbocycles. The van der Waals surface area contributed by atoms with Crippen molar-refractivity contribution in [1.82, 2.24) is 4.98 Å². The summed E-state index contributed by atoms with van der Waals surface area (Å²) in [5.74, 6) is 0.545. The van der Waals surface area contributed by atoms with Crippen LogP contribution in [-0.2, 0) is 0 Å². The first-order valence-corrected chi connectivity index (χ1v) is 18.5. The minimum absolute atomic E-state index is 0.112. The Hall–Kier alpha value is -5.87. The van der Waals surface area contributed by atoms with Gasteiger partial charge in [-0.3, -0.25) is 4.98 Å². The zero-order chi connectivity index (χ0) is 33.7. The lowest BCUT2D eigenvalue weighted by Crippen LogP contribution is -2.61. The number of para-hydroxylation sites is 3. The fourth-order valence-corrected chi connectivity index (χ4v) is 8.97. The highest BCUT2D eigenvalue weighted by Gasteiger charge is 2.44. The first-order chi connectivity index (χ1) is 25.3. The van der Waals surface area contributed by atoms with Crippen molar-refractivity contribution in [3.63, 3.8) is 0 Å². The molecule has 0 spiro atoms. The average Bonchev–Trinajstić information content (AvgIpc) is 3.22. The van der Waals surface area contributed by atoms with Crippen molar-refractivity contribution >= 4 is 57.2 Å². The summed E-state index contributed by atoms with van der Waals surface area (Å²) in [4.78, 5) is 9.93. The number of pyridine rings is 1. The average molecular weight is 656 g/mol. The second-order valence-electron chi connectivity index (χ2n) is 14.2. The van der Waals surface area contributed by atoms with Crippen molar-refractivity contribution < 1.29 is 0 Å². The molecule has 51 heavy (non-hydrogen) atoms. The standard InChI is InChI=1S/C47H38BN3/c1-3-15-33(16-4-1)35-26-28-37(29-27-35)50-43-24-11-8-20-39(43)48-40-21-9-12-25-44(40)51(42-23-10-7-19-38(42)41-22-13-14-30-49-41)46-32-36(31-45(50)47(46)48)34-17-5-2-6-18-34/h1,3-4,7-16,19-32,34H,2,5-6,17-18H2. The van der Waals surface area contributed by atoms with Crippen LogP contribution in [0, 0.1) is 0 Å². The Kier molecular flexibility index (Phi) is 7.34. The van der Waals surface area contributed by atoms with E-state index in [2.05, 4.69) is 161 Å². The predicted molar refractivity (Wildman–Crippen MR) is 215 cm³/mol. The first kappa shape index (κ1) is 30.0. The van der Waals surface area contributed by atoms with Crippen LogP contribution in [0.2, 0.25) is 0 Å². The third-order valence-electron chi connectivity index (χ3n) is 11.3. The van der Waals surface area contributed by atoms with E-state index in [1.807, 2.05) is 12.3 Å². The monoisotopic (exact) mass is 655 g/mol. The fourth-order valence-electron chi connectivity index (χ4n) is 8.97. The quantitative estimate of drug-likeness (QED) is 0.172. The van der Waals surface area contributed by atoms with Crippen molar-refractivity contribution in [3.8, 4) is 22.4 Å². The van der Waals surface area contributed by atoms with Gasteiger partial charge in [-0.2, -0.15) is 0 Å². The Morgan fingerprint density at radius 3 is 1.78 bits per heavy atom. The summed E-state index contributed by atoms with van der Waals surface area (Å²) in [7, 11) is 0. The van der Waals surface area contributed by atoms with Crippen LogP contribution < -0.4 is 26.2 Å². The highest BCUT2D eigenvalue weighted by atomic mass is 15.2. The summed E-state index contributed by atoms with van der Waals surface area (Å²) in [5, 5.41) is 0. The van der Waals surface area contributed by atoms with E-state index in [9.17, 15) is 0 Å². The van der Waals surface area contributed by atoms with Crippen LogP contribution in [0.4, 0.5) is 34.1 Å². The molecule has 0 saturated heterocycles. The molecule has 0 amide bonds. The highest BCUT2D eigenvalue weighted by molar-refractivity contribution is 7.00. The van der Waals surface area contributed by atoms with E-state index in [4.69, 9.17) is 4.98 Å². The van der Waals surface area contributed by atoms with Gasteiger partial charge in [-0.1, -0.05) is 122 Å². The van der Waals surface area contributed by atoms with E-state index in [1.54, 1.807) is 0 Å². The molecule has 1 aliphatic carbocycles. The molecule has 0 bridgehead atoms. The fraction of sp³-hybridized carbons (Fsp3) is 0.128. The Labute approximate surface area is 301 Å². The van der Waals surface area contributed by atoms with Gasteiger partial charge in [-0.25, -0.2) is 0 Å². The van der Waals surface area contributed by atoms with E-state index in [-0.39, 0.29) is 6.71 Å². The van der Waals surface area contributed by atoms with Gasteiger partial charge in [-0.15, -0.1) is 0 Å². The van der Waals surface area contributed by atoms with Crippen molar-refractivity contribution in [1.29, 1.82) is 0 Å². The number of benzene rings is 6. The van der Waals surface area contributed by atoms with Crippen LogP contribution in [-0.4, -0.2) is 11.7 Å². The summed E-state index contributed by atoms with van der Waals surface area (Å²) >= 11 is 0. The topological polar surface area (TPSA) is 19.4 Å². The predicted octanol–water partition coefficient (Wildman–Crippen LogP) is 10.5. The number of aromatic nitrogens is 1. The second kappa shape index (κ2) is 12.5. The summed E-state index contributed by atoms with van der Waals surface area (Å²) in [6.45, 7) is 0.112. The van der Waals surface area contributed by atoms with Gasteiger partial charge in [0.05, 0.1) is 11.4 Å². The van der Waals surface area contributed by atoms with Gasteiger partial charge >= 0.3 is 0 Å². The molecule has 2 aliphatic heterocycles. The van der Waals surface area contributed by atoms with Crippen molar-refractivity contribution in [2.24, 2.45) is 0 Å². The van der Waals surface area contributed by atoms with Crippen molar-refractivity contribution in [3.05, 3.63) is 169 Å². The second-order valence-corrected chi connectivity index (χ2v) is 14.2. The largest absolute Gasteiger partial charge is 0.311 e. The number of rotatable bonds is 5. The maximum atomic E-state index is 4.84.